The highest BCUT2D eigenvalue weighted by Gasteiger charge is 2.47. The van der Waals surface area contributed by atoms with Gasteiger partial charge in [0.15, 0.2) is 5.52 Å². The van der Waals surface area contributed by atoms with Crippen molar-refractivity contribution in [2.24, 2.45) is 17.0 Å². The number of nitrogens with one attached hydrogen (secondary N) is 1. The summed E-state index contributed by atoms with van der Waals surface area (Å²) >= 11 is 0. The van der Waals surface area contributed by atoms with Crippen LogP contribution in [-0.2, 0) is 10.0 Å². The molecule has 2 fully saturated rings. The Morgan fingerprint density at radius 1 is 1.09 bits per heavy atom. The summed E-state index contributed by atoms with van der Waals surface area (Å²) in [5.41, 5.74) is 2.55. The Morgan fingerprint density at radius 2 is 1.81 bits per heavy atom. The second kappa shape index (κ2) is 7.73. The van der Waals surface area contributed by atoms with Crippen LogP contribution >= 0.6 is 0 Å². The summed E-state index contributed by atoms with van der Waals surface area (Å²) in [6, 6.07) is 9.75. The third kappa shape index (κ3) is 4.11. The molecule has 2 saturated carbocycles. The van der Waals surface area contributed by atoms with Crippen molar-refractivity contribution in [1.82, 2.24) is 15.0 Å². The molecule has 0 saturated heterocycles. The van der Waals surface area contributed by atoms with Gasteiger partial charge in [0.25, 0.3) is 0 Å². The number of aromatic nitrogens is 3. The van der Waals surface area contributed by atoms with Gasteiger partial charge in [0.1, 0.15) is 11.8 Å². The van der Waals surface area contributed by atoms with Gasteiger partial charge in [0, 0.05) is 0 Å². The number of benzene rings is 1. The smallest absolute Gasteiger partial charge is 0.245 e. The lowest BCUT2D eigenvalue weighted by Crippen LogP contribution is -2.17. The Balaban J connectivity index is 1.43. The lowest BCUT2D eigenvalue weighted by Gasteiger charge is -2.18. The zero-order valence-corrected chi connectivity index (χ0v) is 18.3. The largest absolute Gasteiger partial charge is 0.473 e. The molecular formula is C23H23N5O3S. The maximum atomic E-state index is 11.5. The molecule has 2 aliphatic carbocycles. The number of hydrogen-bond acceptors (Lipinski definition) is 7. The molecule has 9 heteroatoms. The van der Waals surface area contributed by atoms with Crippen LogP contribution in [0.3, 0.4) is 0 Å². The molecule has 164 valence electrons. The number of pyridine rings is 1. The molecule has 2 unspecified atom stereocenters. The molecule has 8 nitrogen and oxygen atoms in total. The number of fused-ring (bicyclic) bond motifs is 2. The quantitative estimate of drug-likeness (QED) is 0.555. The third-order valence-corrected chi connectivity index (χ3v) is 7.12. The van der Waals surface area contributed by atoms with Crippen molar-refractivity contribution in [3.63, 3.8) is 0 Å². The van der Waals surface area contributed by atoms with Crippen LogP contribution in [0.1, 0.15) is 43.5 Å². The number of anilines is 1. The first-order chi connectivity index (χ1) is 15.3. The minimum absolute atomic E-state index is 0.0658. The standard InChI is InChI=1S/C23H23N5O3S/c1-3-17-6-9-20-21(26-17)22(31-18-11-15-10-16(15)12-18)28-23(27-20)25-13(2)14-4-7-19(8-5-14)32(24,29)30/h1,4-9,13,15-16,18H,10-12H2,2H3,(H2,24,29,30)(H,25,27,28)/t13-,15?,16?,18?/m1/s1. The highest BCUT2D eigenvalue weighted by molar-refractivity contribution is 7.89. The molecule has 2 aliphatic rings. The van der Waals surface area contributed by atoms with Crippen LogP contribution in [0.5, 0.6) is 5.88 Å². The Labute approximate surface area is 186 Å². The van der Waals surface area contributed by atoms with E-state index in [-0.39, 0.29) is 17.0 Å². The van der Waals surface area contributed by atoms with Crippen molar-refractivity contribution in [2.75, 3.05) is 5.32 Å². The molecule has 0 spiro atoms. The first kappa shape index (κ1) is 20.7. The summed E-state index contributed by atoms with van der Waals surface area (Å²) < 4.78 is 29.2. The number of nitrogens with two attached hydrogens (primary N) is 1. The Hall–Kier alpha value is -3.22. The van der Waals surface area contributed by atoms with Gasteiger partial charge in [-0.05, 0) is 67.9 Å². The molecule has 0 bridgehead atoms. The first-order valence-electron chi connectivity index (χ1n) is 10.5. The van der Waals surface area contributed by atoms with Crippen LogP contribution in [0.2, 0.25) is 0 Å². The van der Waals surface area contributed by atoms with Crippen molar-refractivity contribution in [3.05, 3.63) is 47.7 Å². The zero-order chi connectivity index (χ0) is 22.5. The molecule has 3 atom stereocenters. The average Bonchev–Trinajstić information content (AvgIpc) is 3.38. The molecule has 2 aromatic heterocycles. The number of primary sulfonamides is 1. The van der Waals surface area contributed by atoms with Crippen LogP contribution in [0.15, 0.2) is 41.3 Å². The third-order valence-electron chi connectivity index (χ3n) is 6.19. The van der Waals surface area contributed by atoms with Crippen LogP contribution in [-0.4, -0.2) is 29.5 Å². The van der Waals surface area contributed by atoms with Crippen molar-refractivity contribution in [2.45, 2.75) is 43.2 Å². The molecule has 0 radical (unpaired) electrons. The van der Waals surface area contributed by atoms with E-state index in [4.69, 9.17) is 16.3 Å². The molecule has 1 aromatic carbocycles. The van der Waals surface area contributed by atoms with Gasteiger partial charge in [0.05, 0.1) is 16.5 Å². The molecule has 5 rings (SSSR count). The van der Waals surface area contributed by atoms with Crippen LogP contribution in [0.25, 0.3) is 11.0 Å². The molecular weight excluding hydrogens is 426 g/mol. The summed E-state index contributed by atoms with van der Waals surface area (Å²) in [4.78, 5) is 13.8. The minimum atomic E-state index is -3.73. The molecule has 2 heterocycles. The van der Waals surface area contributed by atoms with Crippen molar-refractivity contribution in [1.29, 1.82) is 0 Å². The van der Waals surface area contributed by atoms with Crippen LogP contribution in [0, 0.1) is 24.2 Å². The number of sulfonamides is 1. The number of terminal acetylenes is 1. The van der Waals surface area contributed by atoms with Crippen molar-refractivity contribution >= 4 is 27.0 Å². The predicted molar refractivity (Wildman–Crippen MR) is 120 cm³/mol. The first-order valence-corrected chi connectivity index (χ1v) is 12.1. The van der Waals surface area contributed by atoms with Gasteiger partial charge in [-0.15, -0.1) is 6.42 Å². The van der Waals surface area contributed by atoms with Crippen molar-refractivity contribution in [3.8, 4) is 18.2 Å². The normalized spacial score (nSPS) is 22.7. The lowest BCUT2D eigenvalue weighted by molar-refractivity contribution is 0.189. The molecule has 32 heavy (non-hydrogen) atoms. The molecule has 3 aromatic rings. The highest BCUT2D eigenvalue weighted by atomic mass is 32.2. The Morgan fingerprint density at radius 3 is 2.47 bits per heavy atom. The second-order valence-electron chi connectivity index (χ2n) is 8.51. The summed E-state index contributed by atoms with van der Waals surface area (Å²) in [5.74, 6) is 4.93. The van der Waals surface area contributed by atoms with E-state index in [1.54, 1.807) is 18.2 Å². The summed E-state index contributed by atoms with van der Waals surface area (Å²) in [7, 11) is -3.73. The van der Waals surface area contributed by atoms with Gasteiger partial charge < -0.3 is 10.1 Å². The maximum absolute atomic E-state index is 11.5. The van der Waals surface area contributed by atoms with E-state index in [0.717, 1.165) is 30.2 Å². The lowest BCUT2D eigenvalue weighted by atomic mass is 10.1. The number of rotatable bonds is 6. The Bertz CT molecular complexity index is 1320. The monoisotopic (exact) mass is 449 g/mol. The molecule has 3 N–H and O–H groups in total. The predicted octanol–water partition coefficient (Wildman–Crippen LogP) is 3.00. The van der Waals surface area contributed by atoms with Gasteiger partial charge in [-0.1, -0.05) is 18.1 Å². The van der Waals surface area contributed by atoms with Crippen LogP contribution < -0.4 is 15.2 Å². The van der Waals surface area contributed by atoms with E-state index in [0.29, 0.717) is 28.6 Å². The fourth-order valence-corrected chi connectivity index (χ4v) is 4.87. The average molecular weight is 450 g/mol. The minimum Gasteiger partial charge on any atom is -0.473 e. The second-order valence-corrected chi connectivity index (χ2v) is 10.1. The van der Waals surface area contributed by atoms with Crippen molar-refractivity contribution < 1.29 is 13.2 Å². The van der Waals surface area contributed by atoms with Gasteiger partial charge >= 0.3 is 0 Å². The SMILES string of the molecule is C#Cc1ccc2nc(N[C@H](C)c3ccc(S(N)(=O)=O)cc3)nc(OC3CC4CC4C3)c2n1. The van der Waals surface area contributed by atoms with E-state index in [1.807, 2.05) is 13.0 Å². The van der Waals surface area contributed by atoms with E-state index in [2.05, 4.69) is 26.2 Å². The summed E-state index contributed by atoms with van der Waals surface area (Å²) in [6.07, 6.45) is 9.04. The summed E-state index contributed by atoms with van der Waals surface area (Å²) in [6.45, 7) is 1.93. The van der Waals surface area contributed by atoms with Gasteiger partial charge in [-0.3, -0.25) is 0 Å². The van der Waals surface area contributed by atoms with Gasteiger partial charge in [0.2, 0.25) is 21.9 Å². The number of nitrogens with zero attached hydrogens (tertiary/aromatic N) is 3. The van der Waals surface area contributed by atoms with E-state index in [9.17, 15) is 8.42 Å². The van der Waals surface area contributed by atoms with E-state index < -0.39 is 10.0 Å². The van der Waals surface area contributed by atoms with E-state index in [1.165, 1.54) is 18.6 Å². The molecule has 0 aliphatic heterocycles. The number of ether oxygens (including phenoxy) is 1. The van der Waals surface area contributed by atoms with Gasteiger partial charge in [-0.2, -0.15) is 4.98 Å². The Kier molecular flexibility index (Phi) is 4.99. The zero-order valence-electron chi connectivity index (χ0n) is 17.5. The fourth-order valence-electron chi connectivity index (χ4n) is 4.35. The van der Waals surface area contributed by atoms with E-state index >= 15 is 0 Å². The fraction of sp³-hybridized carbons (Fsp3) is 0.348. The summed E-state index contributed by atoms with van der Waals surface area (Å²) in [5, 5.41) is 8.45. The van der Waals surface area contributed by atoms with Crippen LogP contribution in [0.4, 0.5) is 5.95 Å². The maximum Gasteiger partial charge on any atom is 0.245 e. The highest BCUT2D eigenvalue weighted by Crippen LogP contribution is 2.52. The topological polar surface area (TPSA) is 120 Å². The number of hydrogen-bond donors (Lipinski definition) is 2. The molecule has 0 amide bonds. The van der Waals surface area contributed by atoms with Gasteiger partial charge in [-0.25, -0.2) is 23.5 Å².